The van der Waals surface area contributed by atoms with E-state index in [9.17, 15) is 0 Å². The van der Waals surface area contributed by atoms with Crippen molar-refractivity contribution in [2.45, 2.75) is 6.54 Å². The van der Waals surface area contributed by atoms with E-state index < -0.39 is 0 Å². The highest BCUT2D eigenvalue weighted by Gasteiger charge is 2.07. The molecule has 0 atom stereocenters. The molecule has 114 valence electrons. The monoisotopic (exact) mass is 282 g/mol. The topological polar surface area (TPSA) is 43.0 Å². The zero-order valence-corrected chi connectivity index (χ0v) is 12.9. The molecule has 0 aromatic heterocycles. The minimum atomic E-state index is 0.746. The second-order valence-electron chi connectivity index (χ2n) is 4.66. The van der Waals surface area contributed by atoms with Gasteiger partial charge in [-0.15, -0.1) is 0 Å². The van der Waals surface area contributed by atoms with Crippen molar-refractivity contribution in [2.24, 2.45) is 0 Å². The molecule has 0 aliphatic rings. The van der Waals surface area contributed by atoms with Crippen LogP contribution in [0.1, 0.15) is 5.56 Å². The van der Waals surface area contributed by atoms with Crippen molar-refractivity contribution >= 4 is 0 Å². The third-order valence-corrected chi connectivity index (χ3v) is 3.09. The van der Waals surface area contributed by atoms with Gasteiger partial charge < -0.3 is 24.4 Å². The Morgan fingerprint density at radius 3 is 2.55 bits per heavy atom. The molecular formula is C15H26N2O3. The molecule has 0 bridgehead atoms. The molecule has 0 aliphatic carbocycles. The van der Waals surface area contributed by atoms with Crippen LogP contribution < -0.4 is 14.8 Å². The van der Waals surface area contributed by atoms with Crippen LogP contribution in [0.4, 0.5) is 0 Å². The summed E-state index contributed by atoms with van der Waals surface area (Å²) in [6, 6.07) is 5.93. The highest BCUT2D eigenvalue weighted by Crippen LogP contribution is 2.25. The van der Waals surface area contributed by atoms with Gasteiger partial charge in [-0.1, -0.05) is 6.07 Å². The molecule has 1 aromatic rings. The van der Waals surface area contributed by atoms with Crippen LogP contribution in [-0.2, 0) is 11.3 Å². The van der Waals surface area contributed by atoms with E-state index in [-0.39, 0.29) is 0 Å². The van der Waals surface area contributed by atoms with E-state index in [4.69, 9.17) is 14.2 Å². The summed E-state index contributed by atoms with van der Waals surface area (Å²) in [5.41, 5.74) is 1.16. The average Bonchev–Trinajstić information content (AvgIpc) is 2.47. The predicted molar refractivity (Wildman–Crippen MR) is 80.6 cm³/mol. The Kier molecular flexibility index (Phi) is 8.02. The van der Waals surface area contributed by atoms with E-state index in [1.54, 1.807) is 21.3 Å². The van der Waals surface area contributed by atoms with Gasteiger partial charge in [0.1, 0.15) is 11.5 Å². The molecule has 1 aromatic carbocycles. The van der Waals surface area contributed by atoms with Crippen molar-refractivity contribution in [3.63, 3.8) is 0 Å². The van der Waals surface area contributed by atoms with Gasteiger partial charge in [-0.05, 0) is 13.1 Å². The fourth-order valence-corrected chi connectivity index (χ4v) is 1.92. The lowest BCUT2D eigenvalue weighted by Gasteiger charge is -2.19. The molecule has 1 rings (SSSR count). The van der Waals surface area contributed by atoms with E-state index >= 15 is 0 Å². The Morgan fingerprint density at radius 2 is 1.90 bits per heavy atom. The third kappa shape index (κ3) is 5.77. The van der Waals surface area contributed by atoms with Crippen LogP contribution in [0.3, 0.4) is 0 Å². The van der Waals surface area contributed by atoms with Crippen LogP contribution in [0, 0.1) is 0 Å². The van der Waals surface area contributed by atoms with Crippen molar-refractivity contribution in [2.75, 3.05) is 54.6 Å². The second kappa shape index (κ2) is 9.58. The Morgan fingerprint density at radius 1 is 1.10 bits per heavy atom. The molecule has 0 saturated carbocycles. The Balaban J connectivity index is 2.42. The molecule has 0 radical (unpaired) electrons. The zero-order valence-electron chi connectivity index (χ0n) is 12.9. The maximum atomic E-state index is 5.41. The first-order valence-corrected chi connectivity index (χ1v) is 6.80. The molecule has 0 unspecified atom stereocenters. The van der Waals surface area contributed by atoms with Gasteiger partial charge in [0.25, 0.3) is 0 Å². The molecule has 0 amide bonds. The average molecular weight is 282 g/mol. The minimum Gasteiger partial charge on any atom is -0.497 e. The molecular weight excluding hydrogens is 256 g/mol. The van der Waals surface area contributed by atoms with Gasteiger partial charge in [0.15, 0.2) is 0 Å². The predicted octanol–water partition coefficient (Wildman–Crippen LogP) is 1.37. The fraction of sp³-hybridized carbons (Fsp3) is 0.600. The van der Waals surface area contributed by atoms with Crippen molar-refractivity contribution in [3.05, 3.63) is 23.8 Å². The number of nitrogens with zero attached hydrogens (tertiary/aromatic N) is 1. The first-order valence-electron chi connectivity index (χ1n) is 6.80. The number of benzene rings is 1. The van der Waals surface area contributed by atoms with Crippen molar-refractivity contribution in [3.8, 4) is 11.5 Å². The maximum absolute atomic E-state index is 5.41. The molecule has 0 heterocycles. The zero-order chi connectivity index (χ0) is 14.8. The van der Waals surface area contributed by atoms with Crippen LogP contribution in [0.15, 0.2) is 18.2 Å². The smallest absolute Gasteiger partial charge is 0.127 e. The first kappa shape index (κ1) is 16.8. The second-order valence-corrected chi connectivity index (χ2v) is 4.66. The van der Waals surface area contributed by atoms with Crippen molar-refractivity contribution in [1.29, 1.82) is 0 Å². The summed E-state index contributed by atoms with van der Waals surface area (Å²) in [4.78, 5) is 2.25. The number of hydrogen-bond acceptors (Lipinski definition) is 5. The number of rotatable bonds is 10. The van der Waals surface area contributed by atoms with Gasteiger partial charge in [-0.2, -0.15) is 0 Å². The molecule has 5 nitrogen and oxygen atoms in total. The summed E-state index contributed by atoms with van der Waals surface area (Å²) in [7, 11) is 7.16. The summed E-state index contributed by atoms with van der Waals surface area (Å²) in [5.74, 6) is 1.68. The lowest BCUT2D eigenvalue weighted by atomic mass is 10.2. The van der Waals surface area contributed by atoms with E-state index in [2.05, 4.69) is 17.3 Å². The number of likely N-dealkylation sites (N-methyl/N-ethyl adjacent to an activating group) is 1. The summed E-state index contributed by atoms with van der Waals surface area (Å²) >= 11 is 0. The van der Waals surface area contributed by atoms with Crippen LogP contribution in [-0.4, -0.2) is 59.5 Å². The maximum Gasteiger partial charge on any atom is 0.127 e. The standard InChI is InChI=1S/C15H26N2O3/c1-17(9-7-16-8-10-18-2)12-13-5-6-14(19-3)11-15(13)20-4/h5-6,11,16H,7-10,12H2,1-4H3. The van der Waals surface area contributed by atoms with Gasteiger partial charge in [0.05, 0.1) is 20.8 Å². The van der Waals surface area contributed by atoms with E-state index in [1.165, 1.54) is 0 Å². The van der Waals surface area contributed by atoms with Gasteiger partial charge in [-0.25, -0.2) is 0 Å². The lowest BCUT2D eigenvalue weighted by molar-refractivity contribution is 0.197. The molecule has 5 heteroatoms. The van der Waals surface area contributed by atoms with Crippen LogP contribution in [0.25, 0.3) is 0 Å². The van der Waals surface area contributed by atoms with Crippen LogP contribution in [0.2, 0.25) is 0 Å². The highest BCUT2D eigenvalue weighted by molar-refractivity contribution is 5.40. The number of nitrogens with one attached hydrogen (secondary N) is 1. The van der Waals surface area contributed by atoms with Crippen molar-refractivity contribution < 1.29 is 14.2 Å². The highest BCUT2D eigenvalue weighted by atomic mass is 16.5. The normalized spacial score (nSPS) is 10.8. The van der Waals surface area contributed by atoms with Gasteiger partial charge in [-0.3, -0.25) is 0 Å². The molecule has 20 heavy (non-hydrogen) atoms. The number of hydrogen-bond donors (Lipinski definition) is 1. The van der Waals surface area contributed by atoms with E-state index in [0.717, 1.165) is 49.8 Å². The summed E-state index contributed by atoms with van der Waals surface area (Å²) < 4.78 is 15.6. The van der Waals surface area contributed by atoms with E-state index in [1.807, 2.05) is 18.2 Å². The molecule has 0 spiro atoms. The minimum absolute atomic E-state index is 0.746. The van der Waals surface area contributed by atoms with Gasteiger partial charge in [0, 0.05) is 44.9 Å². The summed E-state index contributed by atoms with van der Waals surface area (Å²) in [5, 5.41) is 3.33. The Labute approximate surface area is 121 Å². The summed E-state index contributed by atoms with van der Waals surface area (Å²) in [6.07, 6.45) is 0. The van der Waals surface area contributed by atoms with Gasteiger partial charge in [0.2, 0.25) is 0 Å². The number of methoxy groups -OCH3 is 3. The van der Waals surface area contributed by atoms with Gasteiger partial charge >= 0.3 is 0 Å². The van der Waals surface area contributed by atoms with Crippen LogP contribution in [0.5, 0.6) is 11.5 Å². The Bertz CT molecular complexity index is 385. The summed E-state index contributed by atoms with van der Waals surface area (Å²) in [6.45, 7) is 4.39. The molecule has 1 N–H and O–H groups in total. The van der Waals surface area contributed by atoms with Crippen molar-refractivity contribution in [1.82, 2.24) is 10.2 Å². The Hall–Kier alpha value is -1.30. The molecule has 0 fully saturated rings. The first-order chi connectivity index (χ1) is 9.71. The molecule has 0 aliphatic heterocycles. The van der Waals surface area contributed by atoms with Crippen LogP contribution >= 0.6 is 0 Å². The number of ether oxygens (including phenoxy) is 3. The lowest BCUT2D eigenvalue weighted by Crippen LogP contribution is -2.30. The third-order valence-electron chi connectivity index (χ3n) is 3.09. The fourth-order valence-electron chi connectivity index (χ4n) is 1.92. The largest absolute Gasteiger partial charge is 0.497 e. The molecule has 0 saturated heterocycles. The van der Waals surface area contributed by atoms with E-state index in [0.29, 0.717) is 0 Å². The SMILES string of the molecule is COCCNCCN(C)Cc1ccc(OC)cc1OC. The quantitative estimate of drug-likeness (QED) is 0.657.